The van der Waals surface area contributed by atoms with Crippen molar-refractivity contribution in [2.45, 2.75) is 26.0 Å². The summed E-state index contributed by atoms with van der Waals surface area (Å²) in [5, 5.41) is 0. The molecule has 6 heteroatoms. The van der Waals surface area contributed by atoms with Gasteiger partial charge in [-0.1, -0.05) is 24.3 Å². The Morgan fingerprint density at radius 3 is 2.64 bits per heavy atom. The summed E-state index contributed by atoms with van der Waals surface area (Å²) in [6.07, 6.45) is -0.171. The van der Waals surface area contributed by atoms with Crippen molar-refractivity contribution in [2.24, 2.45) is 0 Å². The van der Waals surface area contributed by atoms with Gasteiger partial charge in [0, 0.05) is 18.8 Å². The minimum atomic E-state index is -0.942. The molecule has 2 N–H and O–H groups in total. The second-order valence-corrected chi connectivity index (χ2v) is 6.06. The number of carbonyl (C=O) groups excluding carboxylic acids is 2. The van der Waals surface area contributed by atoms with Crippen LogP contribution in [0.1, 0.15) is 28.4 Å². The number of fused-ring (bicyclic) bond motifs is 1. The summed E-state index contributed by atoms with van der Waals surface area (Å²) in [6, 6.07) is 11.4. The number of anilines is 1. The molecule has 0 saturated heterocycles. The molecule has 130 valence electrons. The third-order valence-electron chi connectivity index (χ3n) is 4.31. The van der Waals surface area contributed by atoms with Crippen LogP contribution >= 0.6 is 0 Å². The predicted octanol–water partition coefficient (Wildman–Crippen LogP) is 2.54. The van der Waals surface area contributed by atoms with Gasteiger partial charge < -0.3 is 15.4 Å². The number of hydrogen-bond acceptors (Lipinski definition) is 4. The zero-order chi connectivity index (χ0) is 18.0. The van der Waals surface area contributed by atoms with Gasteiger partial charge >= 0.3 is 5.97 Å². The van der Waals surface area contributed by atoms with Crippen molar-refractivity contribution in [1.82, 2.24) is 4.90 Å². The number of rotatable bonds is 3. The average molecular weight is 342 g/mol. The summed E-state index contributed by atoms with van der Waals surface area (Å²) in [5.74, 6) is -1.54. The first-order chi connectivity index (χ1) is 12.0. The zero-order valence-corrected chi connectivity index (χ0v) is 13.9. The van der Waals surface area contributed by atoms with Crippen LogP contribution in [0.3, 0.4) is 0 Å². The van der Waals surface area contributed by atoms with Gasteiger partial charge in [0.2, 0.25) is 0 Å². The van der Waals surface area contributed by atoms with E-state index >= 15 is 0 Å². The van der Waals surface area contributed by atoms with Gasteiger partial charge in [0.1, 0.15) is 5.82 Å². The van der Waals surface area contributed by atoms with Crippen molar-refractivity contribution in [1.29, 1.82) is 0 Å². The van der Waals surface area contributed by atoms with E-state index in [0.29, 0.717) is 13.1 Å². The number of nitrogen functional groups attached to an aromatic ring is 1. The molecule has 0 radical (unpaired) electrons. The van der Waals surface area contributed by atoms with Crippen LogP contribution in [0.5, 0.6) is 0 Å². The molecule has 0 aromatic heterocycles. The molecule has 0 spiro atoms. The summed E-state index contributed by atoms with van der Waals surface area (Å²) < 4.78 is 18.3. The van der Waals surface area contributed by atoms with Crippen LogP contribution in [0.25, 0.3) is 0 Å². The van der Waals surface area contributed by atoms with E-state index in [0.717, 1.165) is 24.1 Å². The Balaban J connectivity index is 1.66. The van der Waals surface area contributed by atoms with E-state index in [1.807, 2.05) is 18.2 Å². The summed E-state index contributed by atoms with van der Waals surface area (Å²) in [5.41, 5.74) is 8.00. The maximum atomic E-state index is 13.1. The number of ether oxygens (including phenoxy) is 1. The van der Waals surface area contributed by atoms with Crippen molar-refractivity contribution in [3.8, 4) is 0 Å². The lowest BCUT2D eigenvalue weighted by Crippen LogP contribution is -2.42. The minimum Gasteiger partial charge on any atom is -0.449 e. The highest BCUT2D eigenvalue weighted by atomic mass is 19.1. The van der Waals surface area contributed by atoms with E-state index in [-0.39, 0.29) is 17.2 Å². The molecule has 3 rings (SSSR count). The van der Waals surface area contributed by atoms with Gasteiger partial charge in [0.25, 0.3) is 5.91 Å². The molecule has 1 amide bonds. The van der Waals surface area contributed by atoms with Crippen molar-refractivity contribution >= 4 is 17.6 Å². The lowest BCUT2D eigenvalue weighted by atomic mass is 9.99. The van der Waals surface area contributed by atoms with Crippen molar-refractivity contribution in [3.05, 3.63) is 65.0 Å². The zero-order valence-electron chi connectivity index (χ0n) is 13.9. The first-order valence-electron chi connectivity index (χ1n) is 8.07. The second kappa shape index (κ2) is 6.93. The standard InChI is InChI=1S/C19H19FN2O3/c1-12(25-19(24)16-7-6-15(20)10-17(16)21)18(23)22-9-8-13-4-2-3-5-14(13)11-22/h2-7,10,12H,8-9,11,21H2,1H3. The Kier molecular flexibility index (Phi) is 4.70. The first kappa shape index (κ1) is 17.0. The van der Waals surface area contributed by atoms with Crippen LogP contribution in [0, 0.1) is 5.82 Å². The smallest absolute Gasteiger partial charge is 0.341 e. The Labute approximate surface area is 145 Å². The summed E-state index contributed by atoms with van der Waals surface area (Å²) in [6.45, 7) is 2.60. The lowest BCUT2D eigenvalue weighted by molar-refractivity contribution is -0.140. The first-order valence-corrected chi connectivity index (χ1v) is 8.07. The molecule has 0 fully saturated rings. The molecular formula is C19H19FN2O3. The molecule has 1 atom stereocenters. The van der Waals surface area contributed by atoms with E-state index in [2.05, 4.69) is 6.07 Å². The highest BCUT2D eigenvalue weighted by Gasteiger charge is 2.27. The average Bonchev–Trinajstić information content (AvgIpc) is 2.60. The third-order valence-corrected chi connectivity index (χ3v) is 4.31. The quantitative estimate of drug-likeness (QED) is 0.687. The molecule has 1 aliphatic rings. The summed E-state index contributed by atoms with van der Waals surface area (Å²) in [4.78, 5) is 26.4. The fraction of sp³-hybridized carbons (Fsp3) is 0.263. The maximum absolute atomic E-state index is 13.1. The van der Waals surface area contributed by atoms with Gasteiger partial charge in [0.15, 0.2) is 6.10 Å². The molecule has 0 saturated carbocycles. The van der Waals surface area contributed by atoms with Crippen LogP contribution in [-0.2, 0) is 22.5 Å². The maximum Gasteiger partial charge on any atom is 0.341 e. The van der Waals surface area contributed by atoms with E-state index in [4.69, 9.17) is 10.5 Å². The van der Waals surface area contributed by atoms with Gasteiger partial charge in [-0.05, 0) is 42.7 Å². The molecule has 5 nitrogen and oxygen atoms in total. The van der Waals surface area contributed by atoms with E-state index in [1.54, 1.807) is 4.90 Å². The summed E-state index contributed by atoms with van der Waals surface area (Å²) in [7, 11) is 0. The third kappa shape index (κ3) is 3.63. The Bertz CT molecular complexity index is 822. The molecule has 0 bridgehead atoms. The molecule has 1 unspecified atom stereocenters. The highest BCUT2D eigenvalue weighted by molar-refractivity contribution is 5.96. The number of benzene rings is 2. The SMILES string of the molecule is CC(OC(=O)c1ccc(F)cc1N)C(=O)N1CCc2ccccc2C1. The topological polar surface area (TPSA) is 72.6 Å². The lowest BCUT2D eigenvalue weighted by Gasteiger charge is -2.30. The fourth-order valence-corrected chi connectivity index (χ4v) is 2.93. The number of amides is 1. The highest BCUT2D eigenvalue weighted by Crippen LogP contribution is 2.20. The molecule has 2 aromatic carbocycles. The van der Waals surface area contributed by atoms with Gasteiger partial charge in [-0.2, -0.15) is 0 Å². The van der Waals surface area contributed by atoms with Crippen LogP contribution in [-0.4, -0.2) is 29.4 Å². The van der Waals surface area contributed by atoms with Crippen LogP contribution in [0.4, 0.5) is 10.1 Å². The number of carbonyl (C=O) groups is 2. The normalized spacial score (nSPS) is 14.6. The Morgan fingerprint density at radius 1 is 1.20 bits per heavy atom. The molecule has 2 aromatic rings. The van der Waals surface area contributed by atoms with Crippen molar-refractivity contribution < 1.29 is 18.7 Å². The van der Waals surface area contributed by atoms with Gasteiger partial charge in [-0.15, -0.1) is 0 Å². The van der Waals surface area contributed by atoms with Crippen molar-refractivity contribution in [2.75, 3.05) is 12.3 Å². The fourth-order valence-electron chi connectivity index (χ4n) is 2.93. The molecule has 1 aliphatic heterocycles. The monoisotopic (exact) mass is 342 g/mol. The predicted molar refractivity (Wildman–Crippen MR) is 91.3 cm³/mol. The van der Waals surface area contributed by atoms with E-state index in [1.165, 1.54) is 18.6 Å². The molecule has 25 heavy (non-hydrogen) atoms. The van der Waals surface area contributed by atoms with Gasteiger partial charge in [0.05, 0.1) is 5.56 Å². The van der Waals surface area contributed by atoms with Gasteiger partial charge in [-0.3, -0.25) is 4.79 Å². The second-order valence-electron chi connectivity index (χ2n) is 6.06. The minimum absolute atomic E-state index is 0.0171. The molecule has 1 heterocycles. The molecular weight excluding hydrogens is 323 g/mol. The van der Waals surface area contributed by atoms with Gasteiger partial charge in [-0.25, -0.2) is 9.18 Å². The Morgan fingerprint density at radius 2 is 1.92 bits per heavy atom. The molecule has 0 aliphatic carbocycles. The van der Waals surface area contributed by atoms with E-state index < -0.39 is 17.9 Å². The largest absolute Gasteiger partial charge is 0.449 e. The number of esters is 1. The number of nitrogens with two attached hydrogens (primary N) is 1. The van der Waals surface area contributed by atoms with Crippen molar-refractivity contribution in [3.63, 3.8) is 0 Å². The van der Waals surface area contributed by atoms with Crippen LogP contribution in [0.15, 0.2) is 42.5 Å². The Hall–Kier alpha value is -2.89. The number of halogens is 1. The number of nitrogens with zero attached hydrogens (tertiary/aromatic N) is 1. The van der Waals surface area contributed by atoms with E-state index in [9.17, 15) is 14.0 Å². The summed E-state index contributed by atoms with van der Waals surface area (Å²) >= 11 is 0. The van der Waals surface area contributed by atoms with Crippen LogP contribution < -0.4 is 5.73 Å². The van der Waals surface area contributed by atoms with Crippen LogP contribution in [0.2, 0.25) is 0 Å². The number of hydrogen-bond donors (Lipinski definition) is 1.